The Hall–Kier alpha value is 0.320. The first-order valence-electron chi connectivity index (χ1n) is 3.52. The molecule has 8 heteroatoms. The van der Waals surface area contributed by atoms with Crippen LogP contribution in [-0.2, 0) is 16.3 Å². The monoisotopic (exact) mass is 237 g/mol. The van der Waals surface area contributed by atoms with E-state index in [-0.39, 0.29) is 6.54 Å². The zero-order chi connectivity index (χ0) is 10.7. The minimum Gasteiger partial charge on any atom is -0.334 e. The van der Waals surface area contributed by atoms with Crippen molar-refractivity contribution in [3.8, 4) is 0 Å². The Morgan fingerprint density at radius 1 is 1.62 bits per heavy atom. The highest BCUT2D eigenvalue weighted by atomic mass is 32.5. The van der Waals surface area contributed by atoms with Gasteiger partial charge in [-0.1, -0.05) is 6.92 Å². The van der Waals surface area contributed by atoms with Crippen molar-refractivity contribution in [2.75, 3.05) is 6.54 Å². The molecule has 0 aromatic rings. The van der Waals surface area contributed by atoms with Crippen LogP contribution in [0.5, 0.6) is 0 Å². The molecule has 0 radical (unpaired) electrons. The van der Waals surface area contributed by atoms with Gasteiger partial charge in [0.2, 0.25) is 0 Å². The van der Waals surface area contributed by atoms with Gasteiger partial charge in [0, 0.05) is 6.54 Å². The van der Waals surface area contributed by atoms with E-state index in [0.29, 0.717) is 0 Å². The van der Waals surface area contributed by atoms with Gasteiger partial charge in [-0.15, -0.1) is 0 Å². The van der Waals surface area contributed by atoms with Crippen molar-refractivity contribution < 1.29 is 22.6 Å². The first kappa shape index (κ1) is 13.3. The van der Waals surface area contributed by atoms with Crippen molar-refractivity contribution in [1.29, 1.82) is 0 Å². The predicted octanol–water partition coefficient (Wildman–Crippen LogP) is 1.78. The quantitative estimate of drug-likeness (QED) is 0.731. The van der Waals surface area contributed by atoms with E-state index in [0.717, 1.165) is 6.92 Å². The summed E-state index contributed by atoms with van der Waals surface area (Å²) in [6.07, 6.45) is -6.55. The van der Waals surface area contributed by atoms with Gasteiger partial charge in [-0.05, 0) is 18.7 Å². The molecule has 0 aliphatic heterocycles. The van der Waals surface area contributed by atoms with E-state index in [1.165, 1.54) is 0 Å². The van der Waals surface area contributed by atoms with Gasteiger partial charge in [0.1, 0.15) is 0 Å². The van der Waals surface area contributed by atoms with Gasteiger partial charge in [-0.3, -0.25) is 0 Å². The Morgan fingerprint density at radius 2 is 2.08 bits per heavy atom. The van der Waals surface area contributed by atoms with E-state index in [1.807, 2.05) is 0 Å². The highest BCUT2D eigenvalue weighted by Crippen LogP contribution is 2.41. The maximum atomic E-state index is 11.9. The summed E-state index contributed by atoms with van der Waals surface area (Å²) in [7, 11) is 0. The molecule has 0 aliphatic carbocycles. The maximum Gasteiger partial charge on any atom is 0.414 e. The standard InChI is InChI=1S/C5H11F3NO2PS/c1-3-9-12(10,13)11-4(2)5(6,7)8/h4H,3H2,1-2H3,(H2,9,10,13). The van der Waals surface area contributed by atoms with Crippen molar-refractivity contribution in [2.45, 2.75) is 26.1 Å². The van der Waals surface area contributed by atoms with Crippen LogP contribution in [0.4, 0.5) is 13.2 Å². The summed E-state index contributed by atoms with van der Waals surface area (Å²) in [6.45, 7) is -0.809. The molecule has 2 atom stereocenters. The fourth-order valence-electron chi connectivity index (χ4n) is 0.511. The minimum atomic E-state index is -4.50. The maximum absolute atomic E-state index is 11.9. The third-order valence-corrected chi connectivity index (χ3v) is 3.08. The average Bonchev–Trinajstić information content (AvgIpc) is 1.83. The van der Waals surface area contributed by atoms with Crippen LogP contribution >= 0.6 is 6.64 Å². The second kappa shape index (κ2) is 4.70. The molecule has 0 saturated carbocycles. The lowest BCUT2D eigenvalue weighted by molar-refractivity contribution is -0.189. The molecule has 0 amide bonds. The molecule has 13 heavy (non-hydrogen) atoms. The molecule has 0 spiro atoms. The van der Waals surface area contributed by atoms with E-state index in [1.54, 1.807) is 6.92 Å². The summed E-state index contributed by atoms with van der Waals surface area (Å²) >= 11 is 4.42. The van der Waals surface area contributed by atoms with Crippen molar-refractivity contribution in [1.82, 2.24) is 5.09 Å². The summed E-state index contributed by atoms with van der Waals surface area (Å²) in [6, 6.07) is 0. The Morgan fingerprint density at radius 3 is 2.38 bits per heavy atom. The normalized spacial score (nSPS) is 19.5. The van der Waals surface area contributed by atoms with E-state index in [2.05, 4.69) is 21.4 Å². The van der Waals surface area contributed by atoms with Crippen molar-refractivity contribution in [3.63, 3.8) is 0 Å². The largest absolute Gasteiger partial charge is 0.414 e. The van der Waals surface area contributed by atoms with Gasteiger partial charge < -0.3 is 9.42 Å². The van der Waals surface area contributed by atoms with Crippen molar-refractivity contribution >= 4 is 18.4 Å². The van der Waals surface area contributed by atoms with Gasteiger partial charge in [0.05, 0.1) is 0 Å². The molecule has 0 aromatic carbocycles. The second-order valence-corrected chi connectivity index (χ2v) is 5.37. The minimum absolute atomic E-state index is 0.262. The van der Waals surface area contributed by atoms with Crippen molar-refractivity contribution in [3.05, 3.63) is 0 Å². The lowest BCUT2D eigenvalue weighted by Gasteiger charge is -2.22. The fraction of sp³-hybridized carbons (Fsp3) is 1.00. The Kier molecular flexibility index (Phi) is 4.82. The van der Waals surface area contributed by atoms with Crippen LogP contribution in [0.1, 0.15) is 13.8 Å². The molecule has 0 aromatic heterocycles. The zero-order valence-corrected chi connectivity index (χ0v) is 8.84. The molecule has 2 unspecified atom stereocenters. The van der Waals surface area contributed by atoms with Gasteiger partial charge in [-0.2, -0.15) is 13.2 Å². The molecule has 0 bridgehead atoms. The first-order valence-corrected chi connectivity index (χ1v) is 6.19. The van der Waals surface area contributed by atoms with Crippen LogP contribution in [0.15, 0.2) is 0 Å². The zero-order valence-electron chi connectivity index (χ0n) is 7.13. The lowest BCUT2D eigenvalue weighted by Crippen LogP contribution is -2.29. The molecule has 2 N–H and O–H groups in total. The third-order valence-electron chi connectivity index (χ3n) is 1.12. The number of halogens is 3. The van der Waals surface area contributed by atoms with Crippen LogP contribution in [-0.4, -0.2) is 23.7 Å². The van der Waals surface area contributed by atoms with Crippen molar-refractivity contribution in [2.24, 2.45) is 0 Å². The summed E-state index contributed by atoms with van der Waals surface area (Å²) < 4.78 is 40.1. The van der Waals surface area contributed by atoms with Crippen LogP contribution in [0.3, 0.4) is 0 Å². The molecular weight excluding hydrogens is 226 g/mol. The molecular formula is C5H11F3NO2PS. The molecule has 3 nitrogen and oxygen atoms in total. The predicted molar refractivity (Wildman–Crippen MR) is 46.8 cm³/mol. The van der Waals surface area contributed by atoms with Crippen LogP contribution in [0, 0.1) is 0 Å². The van der Waals surface area contributed by atoms with Crippen LogP contribution in [0.25, 0.3) is 0 Å². The topological polar surface area (TPSA) is 41.5 Å². The molecule has 0 aliphatic rings. The van der Waals surface area contributed by atoms with Gasteiger partial charge in [-0.25, -0.2) is 5.09 Å². The number of hydrogen-bond acceptors (Lipinski definition) is 2. The number of nitrogens with one attached hydrogen (secondary N) is 1. The van der Waals surface area contributed by atoms with Gasteiger partial charge >= 0.3 is 6.18 Å². The highest BCUT2D eigenvalue weighted by molar-refractivity contribution is 8.08. The lowest BCUT2D eigenvalue weighted by atomic mass is 10.4. The van der Waals surface area contributed by atoms with E-state index in [4.69, 9.17) is 4.89 Å². The Balaban J connectivity index is 4.20. The van der Waals surface area contributed by atoms with E-state index >= 15 is 0 Å². The van der Waals surface area contributed by atoms with Gasteiger partial charge in [0.25, 0.3) is 6.64 Å². The summed E-state index contributed by atoms with van der Waals surface area (Å²) in [5.74, 6) is 0. The molecule has 80 valence electrons. The summed E-state index contributed by atoms with van der Waals surface area (Å²) in [5, 5.41) is 2.28. The smallest absolute Gasteiger partial charge is 0.334 e. The van der Waals surface area contributed by atoms with E-state index in [9.17, 15) is 13.2 Å². The van der Waals surface area contributed by atoms with Crippen LogP contribution < -0.4 is 5.09 Å². The summed E-state index contributed by atoms with van der Waals surface area (Å²) in [5.41, 5.74) is 0. The number of hydrogen-bond donors (Lipinski definition) is 2. The van der Waals surface area contributed by atoms with Crippen LogP contribution in [0.2, 0.25) is 0 Å². The Labute approximate surface area is 79.5 Å². The fourth-order valence-corrected chi connectivity index (χ4v) is 2.31. The summed E-state index contributed by atoms with van der Waals surface area (Å²) in [4.78, 5) is 9.14. The van der Waals surface area contributed by atoms with Gasteiger partial charge in [0.15, 0.2) is 6.10 Å². The Bertz CT molecular complexity index is 210. The van der Waals surface area contributed by atoms with E-state index < -0.39 is 18.9 Å². The SMILES string of the molecule is CCNP(O)(=S)OC(C)C(F)(F)F. The highest BCUT2D eigenvalue weighted by Gasteiger charge is 2.39. The molecule has 0 fully saturated rings. The first-order chi connectivity index (χ1) is 5.69. The molecule has 0 rings (SSSR count). The molecule has 0 heterocycles. The molecule has 0 saturated heterocycles. The number of alkyl halides is 3. The average molecular weight is 237 g/mol. The third kappa shape index (κ3) is 5.59. The number of rotatable bonds is 4. The second-order valence-electron chi connectivity index (χ2n) is 2.32.